The van der Waals surface area contributed by atoms with E-state index in [4.69, 9.17) is 9.15 Å². The van der Waals surface area contributed by atoms with Crippen LogP contribution in [0.2, 0.25) is 0 Å². The number of anilines is 2. The average molecular weight is 497 g/mol. The highest BCUT2D eigenvalue weighted by Crippen LogP contribution is 2.31. The summed E-state index contributed by atoms with van der Waals surface area (Å²) in [5.41, 5.74) is 6.55. The minimum absolute atomic E-state index is 0.0119. The fraction of sp³-hybridized carbons (Fsp3) is 0.143. The number of carbonyl (C=O) groups is 1. The van der Waals surface area contributed by atoms with Crippen LogP contribution in [0.5, 0.6) is 11.5 Å². The van der Waals surface area contributed by atoms with Gasteiger partial charge < -0.3 is 14.5 Å². The first kappa shape index (κ1) is 23.8. The van der Waals surface area contributed by atoms with Crippen molar-refractivity contribution in [2.24, 2.45) is 5.10 Å². The standard InChI is InChI=1S/C28H24N4O5/c1-18-26-24(31-30-20-10-14-21(15-11-20)32(34)35)8-5-9-25(26)37-27(18)28(33)29-19-12-16-23(17-13-19)36-22-6-3-2-4-7-22/h2-4,6-7,10-17,30H,5,8-9H2,1H3,(H,29,33)/b31-24+. The van der Waals surface area contributed by atoms with E-state index in [9.17, 15) is 14.9 Å². The van der Waals surface area contributed by atoms with Crippen LogP contribution in [-0.4, -0.2) is 16.5 Å². The Balaban J connectivity index is 1.29. The molecule has 0 saturated heterocycles. The summed E-state index contributed by atoms with van der Waals surface area (Å²) < 4.78 is 11.8. The number of furan rings is 1. The summed E-state index contributed by atoms with van der Waals surface area (Å²) in [5.74, 6) is 2.03. The fourth-order valence-corrected chi connectivity index (χ4v) is 4.21. The van der Waals surface area contributed by atoms with Gasteiger partial charge in [-0.15, -0.1) is 0 Å². The van der Waals surface area contributed by atoms with E-state index < -0.39 is 4.92 Å². The second-order valence-corrected chi connectivity index (χ2v) is 8.58. The van der Waals surface area contributed by atoms with Gasteiger partial charge in [0, 0.05) is 35.4 Å². The van der Waals surface area contributed by atoms with Crippen LogP contribution in [0.4, 0.5) is 17.1 Å². The van der Waals surface area contributed by atoms with Gasteiger partial charge in [-0.2, -0.15) is 5.10 Å². The lowest BCUT2D eigenvalue weighted by Gasteiger charge is -2.13. The molecule has 9 nitrogen and oxygen atoms in total. The summed E-state index contributed by atoms with van der Waals surface area (Å²) in [7, 11) is 0. The molecule has 0 aliphatic heterocycles. The number of ether oxygens (including phenoxy) is 1. The highest BCUT2D eigenvalue weighted by atomic mass is 16.6. The molecule has 37 heavy (non-hydrogen) atoms. The summed E-state index contributed by atoms with van der Waals surface area (Å²) in [6.07, 6.45) is 2.27. The number of nitro groups is 1. The van der Waals surface area contributed by atoms with Crippen molar-refractivity contribution in [3.8, 4) is 11.5 Å². The van der Waals surface area contributed by atoms with E-state index in [-0.39, 0.29) is 17.4 Å². The quantitative estimate of drug-likeness (QED) is 0.217. The molecular weight excluding hydrogens is 472 g/mol. The summed E-state index contributed by atoms with van der Waals surface area (Å²) in [6.45, 7) is 1.85. The van der Waals surface area contributed by atoms with Crippen molar-refractivity contribution in [1.29, 1.82) is 0 Å². The van der Waals surface area contributed by atoms with E-state index >= 15 is 0 Å². The molecule has 9 heteroatoms. The van der Waals surface area contributed by atoms with Crippen LogP contribution in [0.3, 0.4) is 0 Å². The van der Waals surface area contributed by atoms with Crippen LogP contribution in [0.15, 0.2) is 88.4 Å². The van der Waals surface area contributed by atoms with Gasteiger partial charge in [-0.25, -0.2) is 0 Å². The molecule has 0 spiro atoms. The first-order chi connectivity index (χ1) is 18.0. The fourth-order valence-electron chi connectivity index (χ4n) is 4.21. The molecule has 1 heterocycles. The number of para-hydroxylation sites is 1. The number of amides is 1. The lowest BCUT2D eigenvalue weighted by Crippen LogP contribution is -2.14. The Kier molecular flexibility index (Phi) is 6.67. The number of nitrogens with one attached hydrogen (secondary N) is 2. The van der Waals surface area contributed by atoms with Gasteiger partial charge in [0.15, 0.2) is 5.76 Å². The topological polar surface area (TPSA) is 119 Å². The molecule has 5 rings (SSSR count). The zero-order chi connectivity index (χ0) is 25.8. The van der Waals surface area contributed by atoms with Crippen LogP contribution in [0.1, 0.15) is 40.3 Å². The van der Waals surface area contributed by atoms with Gasteiger partial charge >= 0.3 is 0 Å². The van der Waals surface area contributed by atoms with Gasteiger partial charge in [-0.3, -0.25) is 20.3 Å². The molecule has 186 valence electrons. The average Bonchev–Trinajstić information content (AvgIpc) is 3.26. The van der Waals surface area contributed by atoms with Gasteiger partial charge in [0.25, 0.3) is 11.6 Å². The maximum atomic E-state index is 13.1. The zero-order valence-corrected chi connectivity index (χ0v) is 20.1. The Morgan fingerprint density at radius 3 is 2.32 bits per heavy atom. The Labute approximate surface area is 212 Å². The van der Waals surface area contributed by atoms with Crippen molar-refractivity contribution < 1.29 is 18.9 Å². The van der Waals surface area contributed by atoms with E-state index in [2.05, 4.69) is 15.8 Å². The molecule has 1 aliphatic carbocycles. The molecule has 0 atom stereocenters. The van der Waals surface area contributed by atoms with E-state index in [1.165, 1.54) is 12.1 Å². The smallest absolute Gasteiger partial charge is 0.291 e. The number of hydrogen-bond acceptors (Lipinski definition) is 7. The second kappa shape index (κ2) is 10.4. The van der Waals surface area contributed by atoms with Crippen LogP contribution in [0.25, 0.3) is 0 Å². The molecular formula is C28H24N4O5. The van der Waals surface area contributed by atoms with E-state index in [0.29, 0.717) is 23.5 Å². The number of benzene rings is 3. The maximum Gasteiger partial charge on any atom is 0.291 e. The normalized spacial score (nSPS) is 13.6. The van der Waals surface area contributed by atoms with Gasteiger partial charge in [0.05, 0.1) is 16.3 Å². The van der Waals surface area contributed by atoms with Gasteiger partial charge in [0.1, 0.15) is 17.3 Å². The highest BCUT2D eigenvalue weighted by molar-refractivity contribution is 6.09. The third-order valence-corrected chi connectivity index (χ3v) is 6.02. The van der Waals surface area contributed by atoms with Crippen molar-refractivity contribution >= 4 is 28.7 Å². The summed E-state index contributed by atoms with van der Waals surface area (Å²) >= 11 is 0. The zero-order valence-electron chi connectivity index (χ0n) is 20.1. The molecule has 3 aromatic carbocycles. The molecule has 1 aliphatic rings. The lowest BCUT2D eigenvalue weighted by molar-refractivity contribution is -0.384. The molecule has 1 amide bonds. The van der Waals surface area contributed by atoms with Gasteiger partial charge in [0.2, 0.25) is 0 Å². The molecule has 0 unspecified atom stereocenters. The van der Waals surface area contributed by atoms with Crippen molar-refractivity contribution in [3.05, 3.63) is 112 Å². The minimum atomic E-state index is -0.447. The van der Waals surface area contributed by atoms with Gasteiger partial charge in [-0.1, -0.05) is 18.2 Å². The molecule has 4 aromatic rings. The van der Waals surface area contributed by atoms with Crippen molar-refractivity contribution in [2.45, 2.75) is 26.2 Å². The van der Waals surface area contributed by atoms with Gasteiger partial charge in [-0.05, 0) is 68.3 Å². The number of fused-ring (bicyclic) bond motifs is 1. The monoisotopic (exact) mass is 496 g/mol. The van der Waals surface area contributed by atoms with Crippen molar-refractivity contribution in [3.63, 3.8) is 0 Å². The number of rotatable bonds is 7. The Morgan fingerprint density at radius 1 is 0.946 bits per heavy atom. The van der Waals surface area contributed by atoms with E-state index in [1.54, 1.807) is 36.4 Å². The largest absolute Gasteiger partial charge is 0.457 e. The van der Waals surface area contributed by atoms with Crippen molar-refractivity contribution in [1.82, 2.24) is 0 Å². The molecule has 0 radical (unpaired) electrons. The third kappa shape index (κ3) is 5.35. The highest BCUT2D eigenvalue weighted by Gasteiger charge is 2.28. The Morgan fingerprint density at radius 2 is 1.62 bits per heavy atom. The molecule has 0 bridgehead atoms. The van der Waals surface area contributed by atoms with Crippen LogP contribution < -0.4 is 15.5 Å². The lowest BCUT2D eigenvalue weighted by atomic mass is 9.93. The Bertz CT molecular complexity index is 1460. The Hall–Kier alpha value is -4.92. The number of non-ortho nitro benzene ring substituents is 1. The predicted octanol–water partition coefficient (Wildman–Crippen LogP) is 6.69. The van der Waals surface area contributed by atoms with Crippen LogP contribution in [0, 0.1) is 17.0 Å². The first-order valence-electron chi connectivity index (χ1n) is 11.8. The van der Waals surface area contributed by atoms with Crippen LogP contribution in [-0.2, 0) is 6.42 Å². The maximum absolute atomic E-state index is 13.1. The van der Waals surface area contributed by atoms with E-state index in [0.717, 1.165) is 41.2 Å². The number of nitro benzene ring substituents is 1. The first-order valence-corrected chi connectivity index (χ1v) is 11.8. The molecule has 2 N–H and O–H groups in total. The number of aryl methyl sites for hydroxylation is 1. The number of hydrazone groups is 1. The number of carbonyl (C=O) groups excluding carboxylic acids is 1. The summed E-state index contributed by atoms with van der Waals surface area (Å²) in [6, 6.07) is 22.6. The number of nitrogens with zero attached hydrogens (tertiary/aromatic N) is 2. The molecule has 0 saturated carbocycles. The number of hydrogen-bond donors (Lipinski definition) is 2. The molecule has 0 fully saturated rings. The summed E-state index contributed by atoms with van der Waals surface area (Å²) in [5, 5.41) is 18.3. The minimum Gasteiger partial charge on any atom is -0.457 e. The predicted molar refractivity (Wildman–Crippen MR) is 141 cm³/mol. The molecule has 1 aromatic heterocycles. The SMILES string of the molecule is Cc1c(C(=O)Nc2ccc(Oc3ccccc3)cc2)oc2c1/C(=N/Nc1ccc([N+](=O)[O-])cc1)CCC2. The van der Waals surface area contributed by atoms with Crippen molar-refractivity contribution in [2.75, 3.05) is 10.7 Å². The second-order valence-electron chi connectivity index (χ2n) is 8.58. The van der Waals surface area contributed by atoms with E-state index in [1.807, 2.05) is 37.3 Å². The third-order valence-electron chi connectivity index (χ3n) is 6.02. The van der Waals surface area contributed by atoms with Crippen LogP contribution >= 0.6 is 0 Å². The summed E-state index contributed by atoms with van der Waals surface area (Å²) in [4.78, 5) is 23.5.